The van der Waals surface area contributed by atoms with Gasteiger partial charge < -0.3 is 5.32 Å². The van der Waals surface area contributed by atoms with E-state index < -0.39 is 10.0 Å². The molecule has 112 valence electrons. The summed E-state index contributed by atoms with van der Waals surface area (Å²) in [5.41, 5.74) is 1.39. The fraction of sp³-hybridized carbons (Fsp3) is 0.214. The van der Waals surface area contributed by atoms with Crippen LogP contribution >= 0.6 is 15.9 Å². The molecule has 0 fully saturated rings. The molecule has 2 rings (SSSR count). The Kier molecular flexibility index (Phi) is 5.33. The molecule has 1 heterocycles. The van der Waals surface area contributed by atoms with Crippen LogP contribution in [0.4, 0.5) is 5.69 Å². The molecule has 0 spiro atoms. The first-order valence-electron chi connectivity index (χ1n) is 6.45. The minimum absolute atomic E-state index is 0.217. The SMILES string of the molecule is CCNCc1ccc(Br)c(S(=O)(=O)Nc2ccncc2)c1. The largest absolute Gasteiger partial charge is 0.313 e. The van der Waals surface area contributed by atoms with Gasteiger partial charge in [-0.1, -0.05) is 13.0 Å². The van der Waals surface area contributed by atoms with Crippen molar-refractivity contribution in [3.63, 3.8) is 0 Å². The van der Waals surface area contributed by atoms with Crippen molar-refractivity contribution in [2.75, 3.05) is 11.3 Å². The van der Waals surface area contributed by atoms with Crippen molar-refractivity contribution >= 4 is 31.6 Å². The average Bonchev–Trinajstić information content (AvgIpc) is 2.47. The van der Waals surface area contributed by atoms with Crippen molar-refractivity contribution < 1.29 is 8.42 Å². The predicted molar refractivity (Wildman–Crippen MR) is 86.6 cm³/mol. The van der Waals surface area contributed by atoms with Crippen LogP contribution in [0.3, 0.4) is 0 Å². The molecule has 0 amide bonds. The molecule has 0 saturated carbocycles. The highest BCUT2D eigenvalue weighted by Crippen LogP contribution is 2.25. The third-order valence-electron chi connectivity index (χ3n) is 2.80. The Labute approximate surface area is 133 Å². The summed E-state index contributed by atoms with van der Waals surface area (Å²) in [6.07, 6.45) is 3.07. The van der Waals surface area contributed by atoms with E-state index in [0.29, 0.717) is 16.7 Å². The molecule has 1 aromatic carbocycles. The van der Waals surface area contributed by atoms with E-state index in [-0.39, 0.29) is 4.90 Å². The van der Waals surface area contributed by atoms with E-state index in [2.05, 4.69) is 31.0 Å². The molecule has 7 heteroatoms. The van der Waals surface area contributed by atoms with E-state index in [9.17, 15) is 8.42 Å². The lowest BCUT2D eigenvalue weighted by atomic mass is 10.2. The second-order valence-electron chi connectivity index (χ2n) is 4.39. The molecule has 21 heavy (non-hydrogen) atoms. The molecule has 2 N–H and O–H groups in total. The van der Waals surface area contributed by atoms with Gasteiger partial charge in [0.25, 0.3) is 10.0 Å². The second-order valence-corrected chi connectivity index (χ2v) is 6.89. The van der Waals surface area contributed by atoms with E-state index >= 15 is 0 Å². The smallest absolute Gasteiger partial charge is 0.263 e. The van der Waals surface area contributed by atoms with Gasteiger partial charge in [-0.25, -0.2) is 8.42 Å². The summed E-state index contributed by atoms with van der Waals surface area (Å²) < 4.78 is 28.0. The number of nitrogens with zero attached hydrogens (tertiary/aromatic N) is 1. The monoisotopic (exact) mass is 369 g/mol. The highest BCUT2D eigenvalue weighted by molar-refractivity contribution is 9.10. The Bertz CT molecular complexity index is 705. The van der Waals surface area contributed by atoms with Crippen LogP contribution in [-0.4, -0.2) is 19.9 Å². The standard InChI is InChI=1S/C14H16BrN3O2S/c1-2-16-10-11-3-4-13(15)14(9-11)21(19,20)18-12-5-7-17-8-6-12/h3-9,16H,2,10H2,1H3,(H,17,18). The lowest BCUT2D eigenvalue weighted by Gasteiger charge is -2.11. The van der Waals surface area contributed by atoms with Crippen LogP contribution in [0.5, 0.6) is 0 Å². The zero-order valence-electron chi connectivity index (χ0n) is 11.5. The lowest BCUT2D eigenvalue weighted by Crippen LogP contribution is -2.15. The zero-order chi connectivity index (χ0) is 15.3. The minimum atomic E-state index is -3.64. The van der Waals surface area contributed by atoms with E-state index in [0.717, 1.165) is 12.1 Å². The number of hydrogen-bond acceptors (Lipinski definition) is 4. The maximum absolute atomic E-state index is 12.5. The summed E-state index contributed by atoms with van der Waals surface area (Å²) >= 11 is 3.30. The lowest BCUT2D eigenvalue weighted by molar-refractivity contribution is 0.600. The molecule has 0 aliphatic heterocycles. The summed E-state index contributed by atoms with van der Waals surface area (Å²) in [6.45, 7) is 3.45. The molecule has 0 atom stereocenters. The average molecular weight is 370 g/mol. The summed E-state index contributed by atoms with van der Waals surface area (Å²) in [7, 11) is -3.64. The van der Waals surface area contributed by atoms with Crippen molar-refractivity contribution in [3.05, 3.63) is 52.8 Å². The number of hydrogen-bond donors (Lipinski definition) is 2. The molecular weight excluding hydrogens is 354 g/mol. The van der Waals surface area contributed by atoms with Gasteiger partial charge in [-0.2, -0.15) is 0 Å². The molecule has 0 bridgehead atoms. The molecule has 0 saturated heterocycles. The van der Waals surface area contributed by atoms with Crippen LogP contribution < -0.4 is 10.0 Å². The minimum Gasteiger partial charge on any atom is -0.313 e. The van der Waals surface area contributed by atoms with Crippen molar-refractivity contribution in [1.29, 1.82) is 0 Å². The van der Waals surface area contributed by atoms with Crippen molar-refractivity contribution in [3.8, 4) is 0 Å². The fourth-order valence-electron chi connectivity index (χ4n) is 1.76. The van der Waals surface area contributed by atoms with Gasteiger partial charge in [-0.3, -0.25) is 9.71 Å². The Morgan fingerprint density at radius 1 is 1.19 bits per heavy atom. The third-order valence-corrected chi connectivity index (χ3v) is 5.17. The summed E-state index contributed by atoms with van der Waals surface area (Å²) in [6, 6.07) is 8.50. The van der Waals surface area contributed by atoms with Gasteiger partial charge in [0.05, 0.1) is 5.69 Å². The number of aromatic nitrogens is 1. The maximum atomic E-state index is 12.5. The molecule has 0 radical (unpaired) electrons. The third kappa shape index (κ3) is 4.26. The number of nitrogens with one attached hydrogen (secondary N) is 2. The van der Waals surface area contributed by atoms with Gasteiger partial charge in [0.2, 0.25) is 0 Å². The molecular formula is C14H16BrN3O2S. The van der Waals surface area contributed by atoms with Crippen molar-refractivity contribution in [1.82, 2.24) is 10.3 Å². The maximum Gasteiger partial charge on any atom is 0.263 e. The Balaban J connectivity index is 2.30. The summed E-state index contributed by atoms with van der Waals surface area (Å²) in [5, 5.41) is 3.17. The molecule has 5 nitrogen and oxygen atoms in total. The number of halogens is 1. The Morgan fingerprint density at radius 2 is 1.90 bits per heavy atom. The normalized spacial score (nSPS) is 11.3. The van der Waals surface area contributed by atoms with Gasteiger partial charge in [-0.15, -0.1) is 0 Å². The van der Waals surface area contributed by atoms with E-state index in [1.165, 1.54) is 12.4 Å². The molecule has 0 aliphatic rings. The zero-order valence-corrected chi connectivity index (χ0v) is 13.9. The van der Waals surface area contributed by atoms with Crippen LogP contribution in [0, 0.1) is 0 Å². The fourth-order valence-corrected chi connectivity index (χ4v) is 3.84. The second kappa shape index (κ2) is 7.02. The van der Waals surface area contributed by atoms with Crippen molar-refractivity contribution in [2.45, 2.75) is 18.4 Å². The highest BCUT2D eigenvalue weighted by atomic mass is 79.9. The van der Waals surface area contributed by atoms with Gasteiger partial charge in [0, 0.05) is 23.4 Å². The number of benzene rings is 1. The number of pyridine rings is 1. The van der Waals surface area contributed by atoms with E-state index in [1.54, 1.807) is 24.3 Å². The number of sulfonamides is 1. The summed E-state index contributed by atoms with van der Waals surface area (Å²) in [5.74, 6) is 0. The van der Waals surface area contributed by atoms with E-state index in [4.69, 9.17) is 0 Å². The van der Waals surface area contributed by atoms with Crippen molar-refractivity contribution in [2.24, 2.45) is 0 Å². The van der Waals surface area contributed by atoms with Crippen LogP contribution in [0.25, 0.3) is 0 Å². The van der Waals surface area contributed by atoms with Gasteiger partial charge >= 0.3 is 0 Å². The quantitative estimate of drug-likeness (QED) is 0.820. The highest BCUT2D eigenvalue weighted by Gasteiger charge is 2.18. The Hall–Kier alpha value is -1.44. The summed E-state index contributed by atoms with van der Waals surface area (Å²) in [4.78, 5) is 4.08. The van der Waals surface area contributed by atoms with E-state index in [1.807, 2.05) is 13.0 Å². The molecule has 1 aromatic heterocycles. The molecule has 0 aliphatic carbocycles. The van der Waals surface area contributed by atoms with Crippen LogP contribution in [0.1, 0.15) is 12.5 Å². The Morgan fingerprint density at radius 3 is 2.57 bits per heavy atom. The predicted octanol–water partition coefficient (Wildman–Crippen LogP) is 2.75. The topological polar surface area (TPSA) is 71.1 Å². The first-order chi connectivity index (χ1) is 10.0. The molecule has 0 unspecified atom stereocenters. The number of rotatable bonds is 6. The first kappa shape index (κ1) is 15.9. The first-order valence-corrected chi connectivity index (χ1v) is 8.72. The molecule has 2 aromatic rings. The van der Waals surface area contributed by atoms with Crippen LogP contribution in [-0.2, 0) is 16.6 Å². The van der Waals surface area contributed by atoms with Gasteiger partial charge in [0.1, 0.15) is 4.90 Å². The number of anilines is 1. The van der Waals surface area contributed by atoms with Gasteiger partial charge in [-0.05, 0) is 52.3 Å². The van der Waals surface area contributed by atoms with Crippen LogP contribution in [0.2, 0.25) is 0 Å². The van der Waals surface area contributed by atoms with Crippen LogP contribution in [0.15, 0.2) is 52.1 Å². The van der Waals surface area contributed by atoms with Gasteiger partial charge in [0.15, 0.2) is 0 Å².